The first-order valence-electron chi connectivity index (χ1n) is 6.12. The maximum absolute atomic E-state index is 5.66. The van der Waals surface area contributed by atoms with Crippen LogP contribution in [-0.4, -0.2) is 48.6 Å². The number of rotatable bonds is 3. The third-order valence-corrected chi connectivity index (χ3v) is 3.44. The van der Waals surface area contributed by atoms with Crippen LogP contribution < -0.4 is 10.6 Å². The molecule has 17 heavy (non-hydrogen) atoms. The number of hydrogen-bond acceptors (Lipinski definition) is 5. The number of piperidine rings is 1. The fourth-order valence-corrected chi connectivity index (χ4v) is 2.30. The number of hydrogen-bond donors (Lipinski definition) is 1. The van der Waals surface area contributed by atoms with Crippen LogP contribution in [0, 0.1) is 5.92 Å². The summed E-state index contributed by atoms with van der Waals surface area (Å²) in [5, 5.41) is 0. The van der Waals surface area contributed by atoms with Crippen molar-refractivity contribution in [3.8, 4) is 0 Å². The van der Waals surface area contributed by atoms with Gasteiger partial charge in [-0.3, -0.25) is 0 Å². The number of anilines is 2. The fourth-order valence-electron chi connectivity index (χ4n) is 2.30. The van der Waals surface area contributed by atoms with Gasteiger partial charge in [0.1, 0.15) is 18.0 Å². The topological polar surface area (TPSA) is 58.3 Å². The molecule has 0 aliphatic carbocycles. The van der Waals surface area contributed by atoms with Crippen LogP contribution in [0.2, 0.25) is 0 Å². The van der Waals surface area contributed by atoms with Crippen molar-refractivity contribution in [3.63, 3.8) is 0 Å². The molecule has 0 aromatic carbocycles. The van der Waals surface area contributed by atoms with Crippen molar-refractivity contribution in [2.75, 3.05) is 44.4 Å². The zero-order valence-corrected chi connectivity index (χ0v) is 10.6. The molecule has 1 aromatic heterocycles. The van der Waals surface area contributed by atoms with Crippen molar-refractivity contribution < 1.29 is 0 Å². The Morgan fingerprint density at radius 1 is 1.41 bits per heavy atom. The standard InChI is InChI=1S/C12H21N5/c1-16-5-3-10(4-6-16)8-17(2)12-7-11(13)14-9-15-12/h7,9-10H,3-6,8H2,1-2H3,(H2,13,14,15). The van der Waals surface area contributed by atoms with Gasteiger partial charge in [-0.1, -0.05) is 0 Å². The van der Waals surface area contributed by atoms with Crippen molar-refractivity contribution in [1.82, 2.24) is 14.9 Å². The van der Waals surface area contributed by atoms with Gasteiger partial charge in [0.15, 0.2) is 0 Å². The number of nitrogen functional groups attached to an aromatic ring is 1. The SMILES string of the molecule is CN1CCC(CN(C)c2cc(N)ncn2)CC1. The van der Waals surface area contributed by atoms with Crippen LogP contribution in [0.25, 0.3) is 0 Å². The molecule has 5 heteroatoms. The summed E-state index contributed by atoms with van der Waals surface area (Å²) in [7, 11) is 4.26. The monoisotopic (exact) mass is 235 g/mol. The Balaban J connectivity index is 1.90. The molecule has 1 aliphatic rings. The molecule has 0 saturated carbocycles. The predicted molar refractivity (Wildman–Crippen MR) is 69.9 cm³/mol. The van der Waals surface area contributed by atoms with Gasteiger partial charge < -0.3 is 15.5 Å². The first-order valence-corrected chi connectivity index (χ1v) is 6.12. The van der Waals surface area contributed by atoms with Crippen molar-refractivity contribution in [2.45, 2.75) is 12.8 Å². The highest BCUT2D eigenvalue weighted by Crippen LogP contribution is 2.19. The van der Waals surface area contributed by atoms with E-state index in [9.17, 15) is 0 Å². The first-order chi connectivity index (χ1) is 8.15. The van der Waals surface area contributed by atoms with Gasteiger partial charge in [0, 0.05) is 19.7 Å². The van der Waals surface area contributed by atoms with Crippen LogP contribution in [0.5, 0.6) is 0 Å². The summed E-state index contributed by atoms with van der Waals surface area (Å²) in [6, 6.07) is 1.83. The Morgan fingerprint density at radius 2 is 2.12 bits per heavy atom. The summed E-state index contributed by atoms with van der Waals surface area (Å²) in [6.07, 6.45) is 4.05. The molecule has 2 heterocycles. The summed E-state index contributed by atoms with van der Waals surface area (Å²) >= 11 is 0. The minimum absolute atomic E-state index is 0.533. The van der Waals surface area contributed by atoms with Gasteiger partial charge in [0.25, 0.3) is 0 Å². The molecule has 1 aliphatic heterocycles. The normalized spacial score (nSPS) is 18.2. The second kappa shape index (κ2) is 5.31. The van der Waals surface area contributed by atoms with Crippen molar-refractivity contribution >= 4 is 11.6 Å². The average Bonchev–Trinajstić information content (AvgIpc) is 2.32. The van der Waals surface area contributed by atoms with E-state index in [-0.39, 0.29) is 0 Å². The van der Waals surface area contributed by atoms with Gasteiger partial charge in [0.2, 0.25) is 0 Å². The van der Waals surface area contributed by atoms with Gasteiger partial charge in [-0.05, 0) is 38.9 Å². The Labute approximate surface area is 103 Å². The second-order valence-corrected chi connectivity index (χ2v) is 4.93. The summed E-state index contributed by atoms with van der Waals surface area (Å²) in [6.45, 7) is 3.44. The Morgan fingerprint density at radius 3 is 2.76 bits per heavy atom. The van der Waals surface area contributed by atoms with Crippen molar-refractivity contribution in [2.24, 2.45) is 5.92 Å². The van der Waals surface area contributed by atoms with Gasteiger partial charge in [-0.2, -0.15) is 0 Å². The van der Waals surface area contributed by atoms with E-state index in [0.29, 0.717) is 5.82 Å². The predicted octanol–water partition coefficient (Wildman–Crippen LogP) is 0.837. The maximum Gasteiger partial charge on any atom is 0.133 e. The smallest absolute Gasteiger partial charge is 0.133 e. The molecule has 94 valence electrons. The molecule has 2 rings (SSSR count). The zero-order valence-electron chi connectivity index (χ0n) is 10.6. The number of likely N-dealkylation sites (tertiary alicyclic amines) is 1. The van der Waals surface area contributed by atoms with E-state index in [0.717, 1.165) is 18.3 Å². The maximum atomic E-state index is 5.66. The summed E-state index contributed by atoms with van der Waals surface area (Å²) < 4.78 is 0. The Bertz CT molecular complexity index is 360. The molecular formula is C12H21N5. The summed E-state index contributed by atoms with van der Waals surface area (Å²) in [4.78, 5) is 12.7. The lowest BCUT2D eigenvalue weighted by atomic mass is 9.97. The van der Waals surface area contributed by atoms with E-state index in [2.05, 4.69) is 33.9 Å². The van der Waals surface area contributed by atoms with Gasteiger partial charge in [-0.15, -0.1) is 0 Å². The van der Waals surface area contributed by atoms with E-state index < -0.39 is 0 Å². The molecule has 2 N–H and O–H groups in total. The molecule has 1 aromatic rings. The summed E-state index contributed by atoms with van der Waals surface area (Å²) in [5.41, 5.74) is 5.66. The van der Waals surface area contributed by atoms with E-state index in [1.165, 1.54) is 32.3 Å². The molecule has 0 amide bonds. The minimum Gasteiger partial charge on any atom is -0.384 e. The minimum atomic E-state index is 0.533. The van der Waals surface area contributed by atoms with Crippen LogP contribution in [0.4, 0.5) is 11.6 Å². The first kappa shape index (κ1) is 12.1. The third-order valence-electron chi connectivity index (χ3n) is 3.44. The van der Waals surface area contributed by atoms with Crippen LogP contribution in [0.15, 0.2) is 12.4 Å². The molecule has 5 nitrogen and oxygen atoms in total. The fraction of sp³-hybridized carbons (Fsp3) is 0.667. The molecule has 0 bridgehead atoms. The van der Waals surface area contributed by atoms with Crippen molar-refractivity contribution in [1.29, 1.82) is 0 Å². The highest BCUT2D eigenvalue weighted by Gasteiger charge is 2.18. The molecular weight excluding hydrogens is 214 g/mol. The number of nitrogens with zero attached hydrogens (tertiary/aromatic N) is 4. The van der Waals surface area contributed by atoms with Gasteiger partial charge >= 0.3 is 0 Å². The van der Waals surface area contributed by atoms with E-state index in [1.807, 2.05) is 6.07 Å². The molecule has 0 atom stereocenters. The lowest BCUT2D eigenvalue weighted by Gasteiger charge is -2.32. The van der Waals surface area contributed by atoms with Gasteiger partial charge in [0.05, 0.1) is 0 Å². The van der Waals surface area contributed by atoms with E-state index in [4.69, 9.17) is 5.73 Å². The zero-order chi connectivity index (χ0) is 12.3. The molecule has 0 unspecified atom stereocenters. The average molecular weight is 235 g/mol. The molecule has 0 spiro atoms. The molecule has 1 saturated heterocycles. The van der Waals surface area contributed by atoms with Crippen LogP contribution in [0.1, 0.15) is 12.8 Å². The number of aromatic nitrogens is 2. The highest BCUT2D eigenvalue weighted by molar-refractivity contribution is 5.45. The van der Waals surface area contributed by atoms with Crippen LogP contribution in [-0.2, 0) is 0 Å². The second-order valence-electron chi connectivity index (χ2n) is 4.93. The third kappa shape index (κ3) is 3.30. The quantitative estimate of drug-likeness (QED) is 0.841. The Hall–Kier alpha value is -1.36. The van der Waals surface area contributed by atoms with Gasteiger partial charge in [-0.25, -0.2) is 9.97 Å². The molecule has 1 fully saturated rings. The number of nitrogens with two attached hydrogens (primary N) is 1. The van der Waals surface area contributed by atoms with E-state index in [1.54, 1.807) is 0 Å². The highest BCUT2D eigenvalue weighted by atomic mass is 15.2. The van der Waals surface area contributed by atoms with Crippen molar-refractivity contribution in [3.05, 3.63) is 12.4 Å². The Kier molecular flexibility index (Phi) is 3.78. The lowest BCUT2D eigenvalue weighted by molar-refractivity contribution is 0.222. The summed E-state index contributed by atoms with van der Waals surface area (Å²) in [5.74, 6) is 2.20. The molecule has 0 radical (unpaired) electrons. The van der Waals surface area contributed by atoms with Crippen LogP contribution in [0.3, 0.4) is 0 Å². The van der Waals surface area contributed by atoms with Crippen LogP contribution >= 0.6 is 0 Å². The lowest BCUT2D eigenvalue weighted by Crippen LogP contribution is -2.36. The van der Waals surface area contributed by atoms with E-state index >= 15 is 0 Å². The largest absolute Gasteiger partial charge is 0.384 e.